The molecule has 0 aliphatic carbocycles. The lowest BCUT2D eigenvalue weighted by molar-refractivity contribution is -0.274. The molecule has 0 fully saturated rings. The molecule has 0 atom stereocenters. The zero-order valence-corrected chi connectivity index (χ0v) is 8.32. The highest BCUT2D eigenvalue weighted by Gasteiger charge is 2.32. The van der Waals surface area contributed by atoms with Gasteiger partial charge in [0.15, 0.2) is 5.75 Å². The lowest BCUT2D eigenvalue weighted by atomic mass is 10.3. The monoisotopic (exact) mass is 259 g/mol. The topological polar surface area (TPSA) is 39.2 Å². The number of alkyl halides is 3. The van der Waals surface area contributed by atoms with Crippen LogP contribution in [0.15, 0.2) is 12.3 Å². The summed E-state index contributed by atoms with van der Waals surface area (Å²) in [6, 6.07) is 0.874. The molecule has 82 valence electrons. The van der Waals surface area contributed by atoms with Gasteiger partial charge in [-0.15, -0.1) is 13.2 Å². The average Bonchev–Trinajstić information content (AvgIpc) is 2.05. The van der Waals surface area contributed by atoms with Crippen molar-refractivity contribution in [2.75, 3.05) is 0 Å². The van der Waals surface area contributed by atoms with Gasteiger partial charge in [-0.3, -0.25) is 4.79 Å². The summed E-state index contributed by atoms with van der Waals surface area (Å²) >= 11 is 10.4. The first-order chi connectivity index (χ1) is 6.81. The molecule has 1 aromatic rings. The van der Waals surface area contributed by atoms with Gasteiger partial charge in [0, 0.05) is 12.3 Å². The Labute approximate surface area is 91.8 Å². The zero-order chi connectivity index (χ0) is 11.6. The molecule has 0 aromatic carbocycles. The van der Waals surface area contributed by atoms with Crippen molar-refractivity contribution in [3.05, 3.63) is 23.0 Å². The first-order valence-corrected chi connectivity index (χ1v) is 4.17. The Balaban J connectivity index is 3.10. The molecule has 0 spiro atoms. The number of carbonyl (C=O) groups excluding carboxylic acids is 1. The molecule has 0 aliphatic rings. The van der Waals surface area contributed by atoms with Gasteiger partial charge < -0.3 is 4.74 Å². The minimum absolute atomic E-state index is 0.486. The second-order valence-electron chi connectivity index (χ2n) is 2.29. The quantitative estimate of drug-likeness (QED) is 0.767. The van der Waals surface area contributed by atoms with E-state index in [0.717, 1.165) is 12.3 Å². The molecule has 0 amide bonds. The van der Waals surface area contributed by atoms with Gasteiger partial charge in [0.2, 0.25) is 0 Å². The van der Waals surface area contributed by atoms with Crippen molar-refractivity contribution in [3.63, 3.8) is 0 Å². The van der Waals surface area contributed by atoms with Crippen LogP contribution in [0.2, 0.25) is 5.02 Å². The summed E-state index contributed by atoms with van der Waals surface area (Å²) in [5.41, 5.74) is -0.486. The normalized spacial score (nSPS) is 11.3. The summed E-state index contributed by atoms with van der Waals surface area (Å²) in [6.45, 7) is 0. The standard InChI is InChI=1S/C7H2Cl2F3NO2/c8-4-3(15-7(10,11)12)1-2-13-5(4)6(9)14/h1-2H. The van der Waals surface area contributed by atoms with Crippen LogP contribution in [0.1, 0.15) is 10.5 Å². The van der Waals surface area contributed by atoms with E-state index in [1.807, 2.05) is 0 Å². The van der Waals surface area contributed by atoms with Gasteiger partial charge in [-0.05, 0) is 11.6 Å². The van der Waals surface area contributed by atoms with Crippen LogP contribution in [0.4, 0.5) is 13.2 Å². The molecule has 3 nitrogen and oxygen atoms in total. The van der Waals surface area contributed by atoms with Crippen LogP contribution in [0, 0.1) is 0 Å². The molecule has 0 radical (unpaired) electrons. The van der Waals surface area contributed by atoms with E-state index < -0.39 is 28.1 Å². The Morgan fingerprint density at radius 3 is 2.53 bits per heavy atom. The molecule has 15 heavy (non-hydrogen) atoms. The smallest absolute Gasteiger partial charge is 0.404 e. The van der Waals surface area contributed by atoms with Gasteiger partial charge in [-0.1, -0.05) is 11.6 Å². The van der Waals surface area contributed by atoms with E-state index in [4.69, 9.17) is 23.2 Å². The van der Waals surface area contributed by atoms with Crippen molar-refractivity contribution < 1.29 is 22.7 Å². The third-order valence-corrected chi connectivity index (χ3v) is 1.81. The van der Waals surface area contributed by atoms with Gasteiger partial charge >= 0.3 is 6.36 Å². The number of pyridine rings is 1. The fourth-order valence-corrected chi connectivity index (χ4v) is 1.19. The number of halogens is 5. The van der Waals surface area contributed by atoms with Crippen molar-refractivity contribution in [1.29, 1.82) is 0 Å². The van der Waals surface area contributed by atoms with Crippen LogP contribution in [0.25, 0.3) is 0 Å². The highest BCUT2D eigenvalue weighted by Crippen LogP contribution is 2.31. The average molecular weight is 260 g/mol. The van der Waals surface area contributed by atoms with Gasteiger partial charge in [0.25, 0.3) is 5.24 Å². The van der Waals surface area contributed by atoms with Crippen LogP contribution in [0.5, 0.6) is 5.75 Å². The summed E-state index contributed by atoms with van der Waals surface area (Å²) < 4.78 is 39.0. The van der Waals surface area contributed by atoms with Gasteiger partial charge in [0.05, 0.1) is 0 Å². The molecule has 1 heterocycles. The minimum atomic E-state index is -4.89. The first kappa shape index (κ1) is 12.1. The van der Waals surface area contributed by atoms with Crippen LogP contribution in [-0.4, -0.2) is 16.6 Å². The molecule has 1 aromatic heterocycles. The number of rotatable bonds is 2. The Hall–Kier alpha value is -1.01. The van der Waals surface area contributed by atoms with Crippen LogP contribution >= 0.6 is 23.2 Å². The predicted octanol–water partition coefficient (Wildman–Crippen LogP) is 3.01. The fourth-order valence-electron chi connectivity index (χ4n) is 0.767. The van der Waals surface area contributed by atoms with Crippen LogP contribution < -0.4 is 4.74 Å². The van der Waals surface area contributed by atoms with Crippen molar-refractivity contribution in [1.82, 2.24) is 4.98 Å². The molecule has 0 bridgehead atoms. The molecule has 0 saturated carbocycles. The summed E-state index contributed by atoms with van der Waals surface area (Å²) in [5, 5.41) is -1.64. The Morgan fingerprint density at radius 2 is 2.07 bits per heavy atom. The third kappa shape index (κ3) is 3.24. The highest BCUT2D eigenvalue weighted by molar-refractivity contribution is 6.68. The van der Waals surface area contributed by atoms with Gasteiger partial charge in [-0.2, -0.15) is 0 Å². The number of ether oxygens (including phenoxy) is 1. The minimum Gasteiger partial charge on any atom is -0.404 e. The third-order valence-electron chi connectivity index (χ3n) is 1.27. The maximum atomic E-state index is 11.8. The Kier molecular flexibility index (Phi) is 3.41. The molecule has 0 aliphatic heterocycles. The highest BCUT2D eigenvalue weighted by atomic mass is 35.5. The number of hydrogen-bond acceptors (Lipinski definition) is 3. The summed E-state index contributed by atoms with van der Waals surface area (Å²) in [7, 11) is 0. The van der Waals surface area contributed by atoms with Gasteiger partial charge in [-0.25, -0.2) is 4.98 Å². The van der Waals surface area contributed by atoms with Crippen molar-refractivity contribution >= 4 is 28.4 Å². The molecule has 8 heteroatoms. The number of hydrogen-bond donors (Lipinski definition) is 0. The van der Waals surface area contributed by atoms with Crippen LogP contribution in [-0.2, 0) is 0 Å². The number of aromatic nitrogens is 1. The largest absolute Gasteiger partial charge is 0.573 e. The SMILES string of the molecule is O=C(Cl)c1nccc(OC(F)(F)F)c1Cl. The molecule has 0 N–H and O–H groups in total. The first-order valence-electron chi connectivity index (χ1n) is 3.41. The molecule has 0 unspecified atom stereocenters. The number of nitrogens with zero attached hydrogens (tertiary/aromatic N) is 1. The molecule has 1 rings (SSSR count). The maximum absolute atomic E-state index is 11.8. The van der Waals surface area contributed by atoms with Gasteiger partial charge in [0.1, 0.15) is 10.7 Å². The summed E-state index contributed by atoms with van der Waals surface area (Å²) in [6.07, 6.45) is -3.96. The summed E-state index contributed by atoms with van der Waals surface area (Å²) in [4.78, 5) is 14.1. The van der Waals surface area contributed by atoms with Crippen molar-refractivity contribution in [2.24, 2.45) is 0 Å². The van der Waals surface area contributed by atoms with Crippen molar-refractivity contribution in [2.45, 2.75) is 6.36 Å². The lowest BCUT2D eigenvalue weighted by Gasteiger charge is -2.10. The fraction of sp³-hybridized carbons (Fsp3) is 0.143. The maximum Gasteiger partial charge on any atom is 0.573 e. The predicted molar refractivity (Wildman–Crippen MR) is 46.1 cm³/mol. The zero-order valence-electron chi connectivity index (χ0n) is 6.81. The molecular formula is C7H2Cl2F3NO2. The second kappa shape index (κ2) is 4.24. The van der Waals surface area contributed by atoms with E-state index in [0.29, 0.717) is 0 Å². The van der Waals surface area contributed by atoms with E-state index >= 15 is 0 Å². The van der Waals surface area contributed by atoms with Crippen molar-refractivity contribution in [3.8, 4) is 5.75 Å². The Morgan fingerprint density at radius 1 is 1.47 bits per heavy atom. The van der Waals surface area contributed by atoms with E-state index in [2.05, 4.69) is 9.72 Å². The second-order valence-corrected chi connectivity index (χ2v) is 3.01. The van der Waals surface area contributed by atoms with Crippen LogP contribution in [0.3, 0.4) is 0 Å². The van der Waals surface area contributed by atoms with E-state index in [-0.39, 0.29) is 0 Å². The Bertz CT molecular complexity index is 394. The number of carbonyl (C=O) groups is 1. The van der Waals surface area contributed by atoms with E-state index in [1.54, 1.807) is 0 Å². The lowest BCUT2D eigenvalue weighted by Crippen LogP contribution is -2.17. The van der Waals surface area contributed by atoms with E-state index in [9.17, 15) is 18.0 Å². The van der Waals surface area contributed by atoms with E-state index in [1.165, 1.54) is 0 Å². The molecule has 0 saturated heterocycles. The molecular weight excluding hydrogens is 258 g/mol. The summed E-state index contributed by atoms with van der Waals surface area (Å²) in [5.74, 6) is -0.719.